The van der Waals surface area contributed by atoms with Crippen LogP contribution in [0.4, 0.5) is 15.9 Å². The molecule has 7 heteroatoms. The Bertz CT molecular complexity index is 1230. The molecule has 0 atom stereocenters. The third kappa shape index (κ3) is 3.63. The van der Waals surface area contributed by atoms with Gasteiger partial charge in [0.25, 0.3) is 5.78 Å². The van der Waals surface area contributed by atoms with Crippen molar-refractivity contribution in [3.63, 3.8) is 0 Å². The molecule has 2 heterocycles. The first-order chi connectivity index (χ1) is 14.6. The van der Waals surface area contributed by atoms with Crippen molar-refractivity contribution in [2.75, 3.05) is 5.32 Å². The van der Waals surface area contributed by atoms with Crippen LogP contribution in [0.5, 0.6) is 0 Å². The molecule has 0 radical (unpaired) electrons. The zero-order valence-electron chi connectivity index (χ0n) is 16.6. The molecule has 0 amide bonds. The normalized spacial score (nSPS) is 13.4. The molecule has 0 saturated carbocycles. The molecule has 30 heavy (non-hydrogen) atoms. The largest absolute Gasteiger partial charge is 0.340 e. The van der Waals surface area contributed by atoms with Crippen molar-refractivity contribution in [2.45, 2.75) is 39.0 Å². The lowest BCUT2D eigenvalue weighted by atomic mass is 9.96. The molecule has 1 aliphatic carbocycles. The molecule has 0 spiro atoms. The predicted molar refractivity (Wildman–Crippen MR) is 116 cm³/mol. The molecular formula is C23H21ClFN5. The Morgan fingerprint density at radius 2 is 1.87 bits per heavy atom. The summed E-state index contributed by atoms with van der Waals surface area (Å²) in [5, 5.41) is 8.82. The maximum absolute atomic E-state index is 14.1. The highest BCUT2D eigenvalue weighted by Crippen LogP contribution is 2.30. The van der Waals surface area contributed by atoms with E-state index in [1.54, 1.807) is 17.5 Å². The van der Waals surface area contributed by atoms with E-state index in [4.69, 9.17) is 21.7 Å². The topological polar surface area (TPSA) is 55.1 Å². The highest BCUT2D eigenvalue weighted by molar-refractivity contribution is 6.30. The Balaban J connectivity index is 1.58. The molecule has 0 fully saturated rings. The second-order valence-corrected chi connectivity index (χ2v) is 8.16. The number of hydrogen-bond acceptors (Lipinski definition) is 4. The van der Waals surface area contributed by atoms with Crippen molar-refractivity contribution in [2.24, 2.45) is 0 Å². The SMILES string of the molecule is Cc1ccc(Nc2c3c(nc4nc(Cc5ccc(Cl)cc5)nn24)CCCC3)cc1F. The Kier molecular flexibility index (Phi) is 4.87. The molecule has 1 N–H and O–H groups in total. The van der Waals surface area contributed by atoms with Gasteiger partial charge >= 0.3 is 0 Å². The van der Waals surface area contributed by atoms with E-state index in [1.165, 1.54) is 6.07 Å². The number of halogens is 2. The summed E-state index contributed by atoms with van der Waals surface area (Å²) in [6.07, 6.45) is 4.64. The summed E-state index contributed by atoms with van der Waals surface area (Å²) in [5.74, 6) is 1.84. The standard InChI is InChI=1S/C23H21ClFN5/c1-14-6-11-17(13-19(14)25)26-22-18-4-2-3-5-20(18)27-23-28-21(29-30(22)23)12-15-7-9-16(24)10-8-15/h6-11,13,26H,2-5,12H2,1H3. The van der Waals surface area contributed by atoms with E-state index in [-0.39, 0.29) is 5.82 Å². The lowest BCUT2D eigenvalue weighted by molar-refractivity contribution is 0.619. The van der Waals surface area contributed by atoms with Gasteiger partial charge < -0.3 is 5.32 Å². The zero-order chi connectivity index (χ0) is 20.7. The molecule has 2 aromatic carbocycles. The van der Waals surface area contributed by atoms with E-state index >= 15 is 0 Å². The van der Waals surface area contributed by atoms with Crippen molar-refractivity contribution in [1.82, 2.24) is 19.6 Å². The minimum Gasteiger partial charge on any atom is -0.340 e. The van der Waals surface area contributed by atoms with Crippen LogP contribution in [0.2, 0.25) is 5.02 Å². The van der Waals surface area contributed by atoms with E-state index < -0.39 is 0 Å². The van der Waals surface area contributed by atoms with Gasteiger partial charge in [0.2, 0.25) is 0 Å². The van der Waals surface area contributed by atoms with Gasteiger partial charge in [-0.05, 0) is 68.0 Å². The van der Waals surface area contributed by atoms with E-state index in [0.29, 0.717) is 34.3 Å². The van der Waals surface area contributed by atoms with E-state index in [2.05, 4.69) is 10.3 Å². The van der Waals surface area contributed by atoms with Gasteiger partial charge in [0.05, 0.1) is 5.69 Å². The van der Waals surface area contributed by atoms with Gasteiger partial charge in [-0.3, -0.25) is 0 Å². The van der Waals surface area contributed by atoms with Gasteiger partial charge in [-0.15, -0.1) is 5.10 Å². The first-order valence-electron chi connectivity index (χ1n) is 10.1. The summed E-state index contributed by atoms with van der Waals surface area (Å²) in [4.78, 5) is 9.45. The molecule has 2 aromatic heterocycles. The van der Waals surface area contributed by atoms with Crippen LogP contribution in [0.1, 0.15) is 41.1 Å². The van der Waals surface area contributed by atoms with Crippen LogP contribution in [0.25, 0.3) is 5.78 Å². The number of anilines is 2. The minimum atomic E-state index is -0.235. The first kappa shape index (κ1) is 19.0. The van der Waals surface area contributed by atoms with Gasteiger partial charge in [-0.2, -0.15) is 9.50 Å². The Morgan fingerprint density at radius 1 is 1.07 bits per heavy atom. The number of hydrogen-bond donors (Lipinski definition) is 1. The third-order valence-electron chi connectivity index (χ3n) is 5.52. The van der Waals surface area contributed by atoms with Crippen molar-refractivity contribution < 1.29 is 4.39 Å². The van der Waals surface area contributed by atoms with Crippen molar-refractivity contribution in [3.05, 3.63) is 81.5 Å². The summed E-state index contributed by atoms with van der Waals surface area (Å²) in [7, 11) is 0. The predicted octanol–water partition coefficient (Wildman–Crippen LogP) is 5.44. The van der Waals surface area contributed by atoms with Crippen LogP contribution in [0.15, 0.2) is 42.5 Å². The van der Waals surface area contributed by atoms with Gasteiger partial charge in [0, 0.05) is 22.7 Å². The molecule has 0 aliphatic heterocycles. The molecule has 0 bridgehead atoms. The number of rotatable bonds is 4. The summed E-state index contributed by atoms with van der Waals surface area (Å²) in [6, 6.07) is 12.8. The van der Waals surface area contributed by atoms with Gasteiger partial charge in [0.15, 0.2) is 5.82 Å². The van der Waals surface area contributed by atoms with Crippen molar-refractivity contribution in [1.29, 1.82) is 0 Å². The first-order valence-corrected chi connectivity index (χ1v) is 10.5. The third-order valence-corrected chi connectivity index (χ3v) is 5.77. The Labute approximate surface area is 178 Å². The monoisotopic (exact) mass is 421 g/mol. The van der Waals surface area contributed by atoms with Crippen LogP contribution in [-0.2, 0) is 19.3 Å². The fourth-order valence-corrected chi connectivity index (χ4v) is 4.01. The van der Waals surface area contributed by atoms with Crippen molar-refractivity contribution >= 4 is 28.9 Å². The average molecular weight is 422 g/mol. The second-order valence-electron chi connectivity index (χ2n) is 7.72. The molecule has 0 saturated heterocycles. The number of benzene rings is 2. The highest BCUT2D eigenvalue weighted by Gasteiger charge is 2.21. The highest BCUT2D eigenvalue weighted by atomic mass is 35.5. The Morgan fingerprint density at radius 3 is 2.67 bits per heavy atom. The van der Waals surface area contributed by atoms with Crippen LogP contribution in [0, 0.1) is 12.7 Å². The number of aromatic nitrogens is 4. The van der Waals surface area contributed by atoms with Gasteiger partial charge in [-0.25, -0.2) is 9.37 Å². The average Bonchev–Trinajstić information content (AvgIpc) is 3.14. The molecule has 5 nitrogen and oxygen atoms in total. The number of nitrogens with zero attached hydrogens (tertiary/aromatic N) is 4. The lowest BCUT2D eigenvalue weighted by Gasteiger charge is -2.20. The lowest BCUT2D eigenvalue weighted by Crippen LogP contribution is -2.13. The quantitative estimate of drug-likeness (QED) is 0.476. The van der Waals surface area contributed by atoms with Gasteiger partial charge in [0.1, 0.15) is 11.6 Å². The Hall–Kier alpha value is -2.99. The number of fused-ring (bicyclic) bond motifs is 2. The molecule has 152 valence electrons. The summed E-state index contributed by atoms with van der Waals surface area (Å²) in [6.45, 7) is 1.76. The summed E-state index contributed by atoms with van der Waals surface area (Å²) < 4.78 is 15.9. The molecule has 0 unspecified atom stereocenters. The van der Waals surface area contributed by atoms with Crippen LogP contribution in [-0.4, -0.2) is 19.6 Å². The molecule has 5 rings (SSSR count). The van der Waals surface area contributed by atoms with E-state index in [9.17, 15) is 4.39 Å². The van der Waals surface area contributed by atoms with Crippen LogP contribution < -0.4 is 5.32 Å². The molecular weight excluding hydrogens is 401 g/mol. The number of nitrogens with one attached hydrogen (secondary N) is 1. The smallest absolute Gasteiger partial charge is 0.254 e. The zero-order valence-corrected chi connectivity index (χ0v) is 17.4. The summed E-state index contributed by atoms with van der Waals surface area (Å²) >= 11 is 5.99. The van der Waals surface area contributed by atoms with Crippen LogP contribution in [0.3, 0.4) is 0 Å². The second kappa shape index (κ2) is 7.69. The molecule has 4 aromatic rings. The van der Waals surface area contributed by atoms with Crippen LogP contribution >= 0.6 is 11.6 Å². The van der Waals surface area contributed by atoms with E-state index in [0.717, 1.165) is 48.3 Å². The fraction of sp³-hybridized carbons (Fsp3) is 0.261. The number of aryl methyl sites for hydroxylation is 2. The maximum Gasteiger partial charge on any atom is 0.254 e. The minimum absolute atomic E-state index is 0.235. The molecule has 1 aliphatic rings. The summed E-state index contributed by atoms with van der Waals surface area (Å²) in [5.41, 5.74) is 4.57. The van der Waals surface area contributed by atoms with Crippen molar-refractivity contribution in [3.8, 4) is 0 Å². The maximum atomic E-state index is 14.1. The van der Waals surface area contributed by atoms with Gasteiger partial charge in [-0.1, -0.05) is 29.8 Å². The fourth-order valence-electron chi connectivity index (χ4n) is 3.88. The van der Waals surface area contributed by atoms with E-state index in [1.807, 2.05) is 30.3 Å².